The minimum atomic E-state index is -0.974. The number of primary amides is 1. The van der Waals surface area contributed by atoms with Gasteiger partial charge in [-0.25, -0.2) is 9.97 Å². The molecule has 1 aromatic heterocycles. The second-order valence-corrected chi connectivity index (χ2v) is 3.45. The smallest absolute Gasteiger partial charge is 0.306 e. The van der Waals surface area contributed by atoms with Crippen LogP contribution in [0.3, 0.4) is 0 Å². The molecule has 1 aromatic rings. The van der Waals surface area contributed by atoms with Crippen molar-refractivity contribution in [1.29, 1.82) is 0 Å². The molecule has 1 heterocycles. The highest BCUT2D eigenvalue weighted by Gasteiger charge is 2.15. The maximum Gasteiger partial charge on any atom is 0.306 e. The number of nitrogens with one attached hydrogen (secondary N) is 1. The average molecular weight is 254 g/mol. The van der Waals surface area contributed by atoms with Gasteiger partial charge in [-0.3, -0.25) is 9.59 Å². The van der Waals surface area contributed by atoms with Crippen LogP contribution in [0.1, 0.15) is 16.9 Å². The Hall–Kier alpha value is -2.22. The van der Waals surface area contributed by atoms with Crippen LogP contribution in [0.4, 0.5) is 5.82 Å². The molecule has 0 spiro atoms. The normalized spacial score (nSPS) is 11.8. The monoisotopic (exact) mass is 254 g/mol. The number of carboxylic acid groups (broad SMARTS) is 1. The number of ether oxygens (including phenoxy) is 1. The van der Waals surface area contributed by atoms with Crippen molar-refractivity contribution in [2.45, 2.75) is 12.5 Å². The molecule has 0 aromatic carbocycles. The minimum Gasteiger partial charge on any atom is -0.481 e. The largest absolute Gasteiger partial charge is 0.481 e. The van der Waals surface area contributed by atoms with E-state index in [4.69, 9.17) is 15.6 Å². The standard InChI is InChI=1S/C10H14N4O4/c1-18-6(4-7(15)16)5-14-10-8(9(11)17)12-2-3-13-10/h2-3,6H,4-5H2,1H3,(H2,11,17)(H,13,14)(H,15,16). The van der Waals surface area contributed by atoms with Gasteiger partial charge in [0.25, 0.3) is 5.91 Å². The second-order valence-electron chi connectivity index (χ2n) is 3.45. The van der Waals surface area contributed by atoms with Gasteiger partial charge in [0.15, 0.2) is 11.5 Å². The molecule has 1 unspecified atom stereocenters. The van der Waals surface area contributed by atoms with Crippen LogP contribution in [0.5, 0.6) is 0 Å². The van der Waals surface area contributed by atoms with E-state index in [2.05, 4.69) is 15.3 Å². The summed E-state index contributed by atoms with van der Waals surface area (Å²) in [4.78, 5) is 29.3. The van der Waals surface area contributed by atoms with Gasteiger partial charge in [0.05, 0.1) is 12.5 Å². The lowest BCUT2D eigenvalue weighted by Gasteiger charge is -2.14. The van der Waals surface area contributed by atoms with E-state index < -0.39 is 18.0 Å². The molecule has 1 amide bonds. The van der Waals surface area contributed by atoms with Crippen LogP contribution in [-0.2, 0) is 9.53 Å². The molecule has 0 bridgehead atoms. The molecule has 0 aliphatic heterocycles. The van der Waals surface area contributed by atoms with Gasteiger partial charge < -0.3 is 20.9 Å². The van der Waals surface area contributed by atoms with Gasteiger partial charge in [-0.15, -0.1) is 0 Å². The van der Waals surface area contributed by atoms with E-state index in [9.17, 15) is 9.59 Å². The maximum absolute atomic E-state index is 11.1. The summed E-state index contributed by atoms with van der Waals surface area (Å²) < 4.78 is 4.98. The molecule has 0 aliphatic rings. The highest BCUT2D eigenvalue weighted by atomic mass is 16.5. The molecule has 0 aliphatic carbocycles. The van der Waals surface area contributed by atoms with Crippen molar-refractivity contribution in [2.24, 2.45) is 5.73 Å². The first-order valence-corrected chi connectivity index (χ1v) is 5.14. The molecular formula is C10H14N4O4. The summed E-state index contributed by atoms with van der Waals surface area (Å²) in [6.45, 7) is 0.182. The van der Waals surface area contributed by atoms with E-state index in [0.29, 0.717) is 0 Å². The van der Waals surface area contributed by atoms with Gasteiger partial charge in [-0.1, -0.05) is 0 Å². The zero-order chi connectivity index (χ0) is 13.5. The highest BCUT2D eigenvalue weighted by molar-refractivity contribution is 5.95. The molecular weight excluding hydrogens is 240 g/mol. The van der Waals surface area contributed by atoms with Crippen molar-refractivity contribution in [2.75, 3.05) is 19.0 Å². The minimum absolute atomic E-state index is 0.00248. The summed E-state index contributed by atoms with van der Waals surface area (Å²) in [5.74, 6) is -1.48. The quantitative estimate of drug-likeness (QED) is 0.597. The molecule has 1 rings (SSSR count). The molecule has 8 heteroatoms. The lowest BCUT2D eigenvalue weighted by Crippen LogP contribution is -2.27. The predicted molar refractivity (Wildman–Crippen MR) is 62.1 cm³/mol. The number of nitrogens with two attached hydrogens (primary N) is 1. The van der Waals surface area contributed by atoms with E-state index >= 15 is 0 Å². The molecule has 18 heavy (non-hydrogen) atoms. The van der Waals surface area contributed by atoms with Crippen molar-refractivity contribution in [3.8, 4) is 0 Å². The van der Waals surface area contributed by atoms with Gasteiger partial charge in [0.1, 0.15) is 0 Å². The first kappa shape index (κ1) is 13.8. The van der Waals surface area contributed by atoms with Crippen LogP contribution in [0.25, 0.3) is 0 Å². The highest BCUT2D eigenvalue weighted by Crippen LogP contribution is 2.08. The zero-order valence-electron chi connectivity index (χ0n) is 9.79. The Labute approximate surface area is 103 Å². The van der Waals surface area contributed by atoms with Gasteiger partial charge in [-0.05, 0) is 0 Å². The topological polar surface area (TPSA) is 127 Å². The van der Waals surface area contributed by atoms with Crippen LogP contribution in [-0.4, -0.2) is 46.7 Å². The van der Waals surface area contributed by atoms with E-state index in [-0.39, 0.29) is 24.5 Å². The number of aliphatic carboxylic acids is 1. The number of anilines is 1. The summed E-state index contributed by atoms with van der Waals surface area (Å²) in [7, 11) is 1.40. The van der Waals surface area contributed by atoms with Crippen molar-refractivity contribution in [3.63, 3.8) is 0 Å². The SMILES string of the molecule is COC(CNc1nccnc1C(N)=O)CC(=O)O. The summed E-state index contributed by atoms with van der Waals surface area (Å²) in [6, 6.07) is 0. The Morgan fingerprint density at radius 1 is 1.50 bits per heavy atom. The summed E-state index contributed by atoms with van der Waals surface area (Å²) >= 11 is 0. The number of amides is 1. The third-order valence-corrected chi connectivity index (χ3v) is 2.16. The fraction of sp³-hybridized carbons (Fsp3) is 0.400. The Morgan fingerprint density at radius 2 is 2.17 bits per heavy atom. The van der Waals surface area contributed by atoms with Gasteiger partial charge in [0, 0.05) is 26.0 Å². The zero-order valence-corrected chi connectivity index (χ0v) is 9.79. The molecule has 0 fully saturated rings. The number of hydrogen-bond acceptors (Lipinski definition) is 6. The lowest BCUT2D eigenvalue weighted by molar-refractivity contribution is -0.139. The molecule has 4 N–H and O–H groups in total. The number of rotatable bonds is 7. The Morgan fingerprint density at radius 3 is 2.72 bits per heavy atom. The van der Waals surface area contributed by atoms with Crippen LogP contribution in [0.2, 0.25) is 0 Å². The molecule has 1 atom stereocenters. The van der Waals surface area contributed by atoms with Crippen molar-refractivity contribution in [1.82, 2.24) is 9.97 Å². The first-order valence-electron chi connectivity index (χ1n) is 5.14. The van der Waals surface area contributed by atoms with Crippen LogP contribution in [0, 0.1) is 0 Å². The molecule has 0 saturated heterocycles. The number of carbonyl (C=O) groups is 2. The number of carboxylic acids is 1. The van der Waals surface area contributed by atoms with Gasteiger partial charge in [0.2, 0.25) is 0 Å². The molecule has 98 valence electrons. The third kappa shape index (κ3) is 3.98. The first-order chi connectivity index (χ1) is 8.54. The number of hydrogen-bond donors (Lipinski definition) is 3. The third-order valence-electron chi connectivity index (χ3n) is 2.16. The lowest BCUT2D eigenvalue weighted by atomic mass is 10.2. The second kappa shape index (κ2) is 6.50. The fourth-order valence-corrected chi connectivity index (χ4v) is 1.29. The molecule has 0 saturated carbocycles. The van der Waals surface area contributed by atoms with E-state index in [1.165, 1.54) is 19.5 Å². The molecule has 8 nitrogen and oxygen atoms in total. The van der Waals surface area contributed by atoms with E-state index in [0.717, 1.165) is 0 Å². The van der Waals surface area contributed by atoms with Crippen LogP contribution >= 0.6 is 0 Å². The number of aromatic nitrogens is 2. The predicted octanol–water partition coefficient (Wildman–Crippen LogP) is -0.523. The number of nitrogens with zero attached hydrogens (tertiary/aromatic N) is 2. The van der Waals surface area contributed by atoms with Crippen LogP contribution < -0.4 is 11.1 Å². The van der Waals surface area contributed by atoms with Crippen molar-refractivity contribution < 1.29 is 19.4 Å². The van der Waals surface area contributed by atoms with E-state index in [1.54, 1.807) is 0 Å². The number of carbonyl (C=O) groups excluding carboxylic acids is 1. The van der Waals surface area contributed by atoms with E-state index in [1.807, 2.05) is 0 Å². The average Bonchev–Trinajstić information content (AvgIpc) is 2.34. The maximum atomic E-state index is 11.1. The summed E-state index contributed by atoms with van der Waals surface area (Å²) in [5.41, 5.74) is 5.13. The van der Waals surface area contributed by atoms with Crippen molar-refractivity contribution >= 4 is 17.7 Å². The van der Waals surface area contributed by atoms with Crippen molar-refractivity contribution in [3.05, 3.63) is 18.1 Å². The summed E-state index contributed by atoms with van der Waals surface area (Å²) in [6.07, 6.45) is 2.05. The Balaban J connectivity index is 2.67. The number of methoxy groups -OCH3 is 1. The Kier molecular flexibility index (Phi) is 5.00. The van der Waals surface area contributed by atoms with Crippen LogP contribution in [0.15, 0.2) is 12.4 Å². The fourth-order valence-electron chi connectivity index (χ4n) is 1.29. The molecule has 0 radical (unpaired) electrons. The Bertz CT molecular complexity index is 438. The van der Waals surface area contributed by atoms with Gasteiger partial charge in [-0.2, -0.15) is 0 Å². The summed E-state index contributed by atoms with van der Waals surface area (Å²) in [5, 5.41) is 11.4. The van der Waals surface area contributed by atoms with Gasteiger partial charge >= 0.3 is 5.97 Å².